The minimum atomic E-state index is -0.996. The summed E-state index contributed by atoms with van der Waals surface area (Å²) in [7, 11) is 0. The first kappa shape index (κ1) is 49.6. The number of hydrogen-bond donors (Lipinski definition) is 2. The molecule has 0 bridgehead atoms. The highest BCUT2D eigenvalue weighted by Gasteiger charge is 2.48. The Morgan fingerprint density at radius 1 is 0.545 bits per heavy atom. The Morgan fingerprint density at radius 2 is 1.09 bits per heavy atom. The van der Waals surface area contributed by atoms with Crippen molar-refractivity contribution in [3.63, 3.8) is 0 Å². The molecule has 1 aliphatic rings. The van der Waals surface area contributed by atoms with E-state index in [0.717, 1.165) is 32.1 Å². The van der Waals surface area contributed by atoms with E-state index in [4.69, 9.17) is 28.4 Å². The number of carbonyl (C=O) groups excluding carboxylic acids is 7. The second-order valence-electron chi connectivity index (χ2n) is 14.3. The number of Topliss-reactive ketones (excluding diaryl/α,β-unsaturated/α-hetero) is 2. The van der Waals surface area contributed by atoms with Crippen LogP contribution in [0.25, 0.3) is 0 Å². The number of unbranched alkanes of at least 4 members (excludes halogenated alkanes) is 8. The molecule has 0 aliphatic carbocycles. The molecule has 15 nitrogen and oxygen atoms in total. The lowest BCUT2D eigenvalue weighted by atomic mass is 9.92. The molecule has 0 aromatic carbocycles. The molecule has 1 aliphatic heterocycles. The molecular formula is C40H68N2O13. The van der Waals surface area contributed by atoms with Gasteiger partial charge in [-0.05, 0) is 45.4 Å². The van der Waals surface area contributed by atoms with E-state index in [-0.39, 0.29) is 56.0 Å². The first-order valence-corrected chi connectivity index (χ1v) is 20.2. The largest absolute Gasteiger partial charge is 0.463 e. The summed E-state index contributed by atoms with van der Waals surface area (Å²) in [5.74, 6) is -1.97. The van der Waals surface area contributed by atoms with Gasteiger partial charge in [-0.3, -0.25) is 28.8 Å². The lowest BCUT2D eigenvalue weighted by Gasteiger charge is -2.43. The van der Waals surface area contributed by atoms with Crippen molar-refractivity contribution in [3.8, 4) is 0 Å². The molecule has 0 aromatic heterocycles. The van der Waals surface area contributed by atoms with E-state index in [1.165, 1.54) is 40.0 Å². The Balaban J connectivity index is 2.09. The average Bonchev–Trinajstić information content (AvgIpc) is 3.11. The third kappa shape index (κ3) is 26.1. The van der Waals surface area contributed by atoms with E-state index in [1.54, 1.807) is 13.8 Å². The van der Waals surface area contributed by atoms with Crippen LogP contribution >= 0.6 is 0 Å². The van der Waals surface area contributed by atoms with Gasteiger partial charge in [0.05, 0.1) is 6.61 Å². The molecule has 5 atom stereocenters. The first-order chi connectivity index (χ1) is 26.3. The average molecular weight is 785 g/mol. The fraction of sp³-hybridized carbons (Fsp3) is 0.825. The van der Waals surface area contributed by atoms with Gasteiger partial charge in [0, 0.05) is 85.1 Å². The molecule has 1 saturated heterocycles. The van der Waals surface area contributed by atoms with Crippen molar-refractivity contribution in [1.29, 1.82) is 0 Å². The van der Waals surface area contributed by atoms with Crippen molar-refractivity contribution in [1.82, 2.24) is 10.6 Å². The van der Waals surface area contributed by atoms with Crippen molar-refractivity contribution in [2.45, 2.75) is 168 Å². The van der Waals surface area contributed by atoms with Gasteiger partial charge in [0.1, 0.15) is 30.4 Å². The van der Waals surface area contributed by atoms with Gasteiger partial charge < -0.3 is 43.8 Å². The minimum absolute atomic E-state index is 0.120. The summed E-state index contributed by atoms with van der Waals surface area (Å²) in [6.45, 7) is 8.67. The zero-order valence-corrected chi connectivity index (χ0v) is 34.0. The van der Waals surface area contributed by atoms with E-state index < -0.39 is 48.4 Å². The highest BCUT2D eigenvalue weighted by Crippen LogP contribution is 2.32. The third-order valence-corrected chi connectivity index (χ3v) is 9.03. The van der Waals surface area contributed by atoms with Gasteiger partial charge in [0.15, 0.2) is 12.4 Å². The monoisotopic (exact) mass is 784 g/mol. The zero-order chi connectivity index (χ0) is 40.8. The number of nitrogens with one attached hydrogen (secondary N) is 2. The number of amides is 2. The SMILES string of the molecule is CC(=O)CCCCCCCCCCC(=O)CCCOCCC(=O)NCCCNC(=O)CCCCO[C@@H]1O[C@H](COC(C)=O)C(OC(C)=O)C(OC(C)=O)[C@H]1C. The van der Waals surface area contributed by atoms with Crippen LogP contribution in [-0.4, -0.2) is 105 Å². The van der Waals surface area contributed by atoms with Crippen molar-refractivity contribution in [3.05, 3.63) is 0 Å². The van der Waals surface area contributed by atoms with Crippen molar-refractivity contribution in [2.75, 3.05) is 39.5 Å². The van der Waals surface area contributed by atoms with Gasteiger partial charge in [0.25, 0.3) is 0 Å². The number of esters is 3. The van der Waals surface area contributed by atoms with E-state index >= 15 is 0 Å². The van der Waals surface area contributed by atoms with Crippen LogP contribution in [0.15, 0.2) is 0 Å². The van der Waals surface area contributed by atoms with Gasteiger partial charge in [-0.25, -0.2) is 0 Å². The quantitative estimate of drug-likeness (QED) is 0.0535. The van der Waals surface area contributed by atoms with Crippen LogP contribution in [0, 0.1) is 5.92 Å². The highest BCUT2D eigenvalue weighted by atomic mass is 16.7. The van der Waals surface area contributed by atoms with Crippen LogP contribution in [0.3, 0.4) is 0 Å². The molecular weight excluding hydrogens is 716 g/mol. The summed E-state index contributed by atoms with van der Waals surface area (Å²) in [5.41, 5.74) is 0. The van der Waals surface area contributed by atoms with Gasteiger partial charge in [-0.15, -0.1) is 0 Å². The Kier molecular flexibility index (Phi) is 27.7. The molecule has 1 fully saturated rings. The van der Waals surface area contributed by atoms with E-state index in [1.807, 2.05) is 0 Å². The Hall–Kier alpha value is -3.43. The molecule has 0 radical (unpaired) electrons. The molecule has 316 valence electrons. The molecule has 2 amide bonds. The standard InChI is InChI=1S/C40H68N2O13/c1-29(43)18-12-10-8-6-7-9-11-13-19-34(47)20-16-25-50-27-22-37(49)42-24-17-23-41-36(48)21-14-15-26-51-40-30(2)38(53-32(4)45)39(54-33(5)46)35(55-40)28-52-31(3)44/h30,35,38-40H,6-28H2,1-5H3,(H,41,48)(H,42,49)/t30-,35-,38?,39?,40-/m1/s1. The summed E-state index contributed by atoms with van der Waals surface area (Å²) in [6.07, 6.45) is 9.78. The van der Waals surface area contributed by atoms with Crippen molar-refractivity contribution in [2.24, 2.45) is 5.92 Å². The van der Waals surface area contributed by atoms with Crippen LogP contribution in [0.4, 0.5) is 0 Å². The van der Waals surface area contributed by atoms with Crippen LogP contribution in [0.2, 0.25) is 0 Å². The van der Waals surface area contributed by atoms with Crippen LogP contribution in [0.1, 0.15) is 144 Å². The Bertz CT molecular complexity index is 1160. The molecule has 0 saturated carbocycles. The fourth-order valence-corrected chi connectivity index (χ4v) is 6.09. The predicted molar refractivity (Wildman–Crippen MR) is 203 cm³/mol. The van der Waals surface area contributed by atoms with Crippen molar-refractivity contribution >= 4 is 41.3 Å². The maximum atomic E-state index is 12.3. The highest BCUT2D eigenvalue weighted by molar-refractivity contribution is 5.78. The molecule has 2 unspecified atom stereocenters. The van der Waals surface area contributed by atoms with Crippen LogP contribution in [-0.2, 0) is 62.0 Å². The van der Waals surface area contributed by atoms with Gasteiger partial charge in [0.2, 0.25) is 11.8 Å². The smallest absolute Gasteiger partial charge is 0.303 e. The van der Waals surface area contributed by atoms with Gasteiger partial charge in [-0.2, -0.15) is 0 Å². The molecule has 1 heterocycles. The Morgan fingerprint density at radius 3 is 1.69 bits per heavy atom. The number of hydrogen-bond acceptors (Lipinski definition) is 13. The summed E-state index contributed by atoms with van der Waals surface area (Å²) < 4.78 is 33.3. The maximum absolute atomic E-state index is 12.3. The molecule has 15 heteroatoms. The lowest BCUT2D eigenvalue weighted by Crippen LogP contribution is -2.58. The zero-order valence-electron chi connectivity index (χ0n) is 34.0. The molecule has 2 N–H and O–H groups in total. The fourth-order valence-electron chi connectivity index (χ4n) is 6.09. The molecule has 0 aromatic rings. The van der Waals surface area contributed by atoms with Gasteiger partial charge >= 0.3 is 17.9 Å². The van der Waals surface area contributed by atoms with Crippen LogP contribution in [0.5, 0.6) is 0 Å². The molecule has 1 rings (SSSR count). The van der Waals surface area contributed by atoms with E-state index in [2.05, 4.69) is 10.6 Å². The number of carbonyl (C=O) groups is 7. The maximum Gasteiger partial charge on any atom is 0.303 e. The topological polar surface area (TPSA) is 199 Å². The van der Waals surface area contributed by atoms with E-state index in [0.29, 0.717) is 64.6 Å². The molecule has 55 heavy (non-hydrogen) atoms. The third-order valence-electron chi connectivity index (χ3n) is 9.03. The van der Waals surface area contributed by atoms with Gasteiger partial charge in [-0.1, -0.05) is 45.4 Å². The summed E-state index contributed by atoms with van der Waals surface area (Å²) in [4.78, 5) is 82.4. The second-order valence-corrected chi connectivity index (χ2v) is 14.3. The number of rotatable bonds is 32. The predicted octanol–water partition coefficient (Wildman–Crippen LogP) is 4.83. The second kappa shape index (κ2) is 30.7. The molecule has 0 spiro atoms. The summed E-state index contributed by atoms with van der Waals surface area (Å²) >= 11 is 0. The summed E-state index contributed by atoms with van der Waals surface area (Å²) in [5, 5.41) is 5.65. The van der Waals surface area contributed by atoms with E-state index in [9.17, 15) is 33.6 Å². The van der Waals surface area contributed by atoms with Crippen LogP contribution < -0.4 is 10.6 Å². The number of ether oxygens (including phenoxy) is 6. The first-order valence-electron chi connectivity index (χ1n) is 20.2. The Labute approximate surface area is 327 Å². The minimum Gasteiger partial charge on any atom is -0.463 e. The summed E-state index contributed by atoms with van der Waals surface area (Å²) in [6, 6.07) is 0. The van der Waals surface area contributed by atoms with Crippen molar-refractivity contribution < 1.29 is 62.0 Å². The lowest BCUT2D eigenvalue weighted by molar-refractivity contribution is -0.288. The normalized spacial score (nSPS) is 19.3. The number of ketones is 2.